The molecule has 0 saturated heterocycles. The number of ether oxygens (including phenoxy) is 10. The third kappa shape index (κ3) is 25.5. The number of hydrogen-bond donors (Lipinski definition) is 2. The molecule has 1 aliphatic heterocycles. The molecular formula is C45H69F3N4O13S. The predicted octanol–water partition coefficient (Wildman–Crippen LogP) is 5.05. The maximum atomic E-state index is 14.4. The first-order valence-corrected chi connectivity index (χ1v) is 23.1. The Morgan fingerprint density at radius 3 is 1.62 bits per heavy atom. The number of carboxylic acid groups (broad SMARTS) is 1. The van der Waals surface area contributed by atoms with Crippen LogP contribution < -0.4 is 5.73 Å². The van der Waals surface area contributed by atoms with Crippen LogP contribution in [0, 0.1) is 0 Å². The summed E-state index contributed by atoms with van der Waals surface area (Å²) in [5.41, 5.74) is 6.93. The second-order valence-corrected chi connectivity index (χ2v) is 15.8. The van der Waals surface area contributed by atoms with Crippen LogP contribution in [0.15, 0.2) is 40.2 Å². The van der Waals surface area contributed by atoms with Crippen molar-refractivity contribution in [3.63, 3.8) is 0 Å². The molecule has 1 aromatic heterocycles. The maximum absolute atomic E-state index is 14.4. The smallest absolute Gasteiger partial charge is 0.416 e. The summed E-state index contributed by atoms with van der Waals surface area (Å²) in [6.07, 6.45) is -2.19. The lowest BCUT2D eigenvalue weighted by Crippen LogP contribution is -2.34. The zero-order chi connectivity index (χ0) is 47.7. The van der Waals surface area contributed by atoms with E-state index in [1.807, 2.05) is 30.3 Å². The summed E-state index contributed by atoms with van der Waals surface area (Å²) in [6.45, 7) is 10.9. The van der Waals surface area contributed by atoms with Crippen molar-refractivity contribution in [1.82, 2.24) is 9.80 Å². The van der Waals surface area contributed by atoms with Crippen LogP contribution in [0.3, 0.4) is 0 Å². The Morgan fingerprint density at radius 2 is 1.17 bits per heavy atom. The number of hydrogen-bond acceptors (Lipinski definition) is 16. The second kappa shape index (κ2) is 34.7. The molecule has 0 bridgehead atoms. The number of fused-ring (bicyclic) bond motifs is 1. The molecule has 1 amide bonds. The number of thiophene rings is 1. The summed E-state index contributed by atoms with van der Waals surface area (Å²) in [5, 5.41) is 10.4. The number of amides is 1. The highest BCUT2D eigenvalue weighted by atomic mass is 32.1. The van der Waals surface area contributed by atoms with Crippen molar-refractivity contribution in [2.75, 3.05) is 152 Å². The highest BCUT2D eigenvalue weighted by molar-refractivity contribution is 7.11. The van der Waals surface area contributed by atoms with Crippen LogP contribution in [0.1, 0.15) is 47.8 Å². The monoisotopic (exact) mass is 962 g/mol. The van der Waals surface area contributed by atoms with Crippen molar-refractivity contribution < 1.29 is 75.2 Å². The Kier molecular flexibility index (Phi) is 29.8. The van der Waals surface area contributed by atoms with E-state index in [1.54, 1.807) is 12.1 Å². The van der Waals surface area contributed by atoms with Crippen LogP contribution in [-0.4, -0.2) is 185 Å². The Labute approximate surface area is 390 Å². The minimum atomic E-state index is -4.60. The number of carboxylic acids is 1. The van der Waals surface area contributed by atoms with Gasteiger partial charge in [-0.2, -0.15) is 13.2 Å². The van der Waals surface area contributed by atoms with Gasteiger partial charge in [0.2, 0.25) is 0 Å². The van der Waals surface area contributed by atoms with E-state index in [0.717, 1.165) is 4.88 Å². The molecule has 0 saturated carbocycles. The molecule has 66 heavy (non-hydrogen) atoms. The van der Waals surface area contributed by atoms with E-state index in [9.17, 15) is 22.8 Å². The first kappa shape index (κ1) is 56.7. The van der Waals surface area contributed by atoms with E-state index in [4.69, 9.17) is 58.2 Å². The van der Waals surface area contributed by atoms with Crippen LogP contribution in [-0.2, 0) is 76.2 Å². The van der Waals surface area contributed by atoms with Crippen molar-refractivity contribution >= 4 is 40.8 Å². The second-order valence-electron chi connectivity index (χ2n) is 14.8. The average Bonchev–Trinajstić information content (AvgIpc) is 3.64. The fraction of sp³-hybridized carbons (Fsp3) is 0.667. The van der Waals surface area contributed by atoms with Gasteiger partial charge in [0.1, 0.15) is 5.84 Å². The number of nitrogens with zero attached hydrogens (tertiary/aromatic N) is 3. The van der Waals surface area contributed by atoms with Crippen molar-refractivity contribution in [1.29, 1.82) is 0 Å². The lowest BCUT2D eigenvalue weighted by Gasteiger charge is -2.26. The summed E-state index contributed by atoms with van der Waals surface area (Å²) in [7, 11) is 1.82. The van der Waals surface area contributed by atoms with Gasteiger partial charge in [-0.15, -0.1) is 11.3 Å². The molecule has 2 heterocycles. The molecule has 0 atom stereocenters. The summed E-state index contributed by atoms with van der Waals surface area (Å²) in [6, 6.07) is 6.13. The van der Waals surface area contributed by atoms with E-state index in [1.165, 1.54) is 28.4 Å². The summed E-state index contributed by atoms with van der Waals surface area (Å²) in [4.78, 5) is 32.5. The zero-order valence-electron chi connectivity index (χ0n) is 38.4. The van der Waals surface area contributed by atoms with Crippen LogP contribution in [0.2, 0.25) is 0 Å². The number of halogens is 3. The molecule has 3 N–H and O–H groups in total. The molecular weight excluding hydrogens is 894 g/mol. The Morgan fingerprint density at radius 1 is 0.697 bits per heavy atom. The molecule has 1 aromatic carbocycles. The van der Waals surface area contributed by atoms with E-state index in [2.05, 4.69) is 4.99 Å². The highest BCUT2D eigenvalue weighted by Gasteiger charge is 2.35. The molecule has 0 fully saturated rings. The van der Waals surface area contributed by atoms with Crippen LogP contribution in [0.5, 0.6) is 0 Å². The Hall–Kier alpha value is -3.58. The van der Waals surface area contributed by atoms with Gasteiger partial charge in [0.15, 0.2) is 0 Å². The largest absolute Gasteiger partial charge is 0.481 e. The lowest BCUT2D eigenvalue weighted by atomic mass is 10.0. The van der Waals surface area contributed by atoms with Gasteiger partial charge in [0, 0.05) is 38.2 Å². The minimum Gasteiger partial charge on any atom is -0.481 e. The van der Waals surface area contributed by atoms with Crippen molar-refractivity contribution in [3.05, 3.63) is 56.8 Å². The summed E-state index contributed by atoms with van der Waals surface area (Å²) in [5.74, 6) is -0.965. The third-order valence-corrected chi connectivity index (χ3v) is 10.2. The number of aliphatic imine (C=N–C) groups is 1. The summed E-state index contributed by atoms with van der Waals surface area (Å²) < 4.78 is 97.6. The predicted molar refractivity (Wildman–Crippen MR) is 242 cm³/mol. The van der Waals surface area contributed by atoms with Gasteiger partial charge in [0.25, 0.3) is 5.91 Å². The molecule has 0 spiro atoms. The van der Waals surface area contributed by atoms with Crippen LogP contribution >= 0.6 is 11.3 Å². The van der Waals surface area contributed by atoms with Gasteiger partial charge in [-0.1, -0.05) is 19.1 Å². The number of rotatable bonds is 40. The number of nitrogens with two attached hydrogens (primary N) is 1. The van der Waals surface area contributed by atoms with Gasteiger partial charge in [-0.05, 0) is 48.2 Å². The summed E-state index contributed by atoms with van der Waals surface area (Å²) >= 11 is 1.42. The SMILES string of the molecule is CCCN(Cc1ccc(CN(C)CCOCCOCCOCCOCCOCCOCCOCCOCCOCCOCCC(=O)O)cc1C(F)(F)F)C(=O)C1=Cc2sccc2N=C(N)C1. The number of aliphatic carboxylic acids is 1. The Bertz CT molecular complexity index is 1700. The fourth-order valence-electron chi connectivity index (χ4n) is 6.16. The number of alkyl halides is 3. The lowest BCUT2D eigenvalue weighted by molar-refractivity contribution is -0.139. The quantitative estimate of drug-likeness (QED) is 0.0843. The molecule has 17 nitrogen and oxygen atoms in total. The van der Waals surface area contributed by atoms with E-state index in [0.29, 0.717) is 155 Å². The topological polar surface area (TPSA) is 192 Å². The minimum absolute atomic E-state index is 0.0193. The van der Waals surface area contributed by atoms with E-state index < -0.39 is 17.7 Å². The first-order valence-electron chi connectivity index (χ1n) is 22.2. The van der Waals surface area contributed by atoms with Gasteiger partial charge >= 0.3 is 12.1 Å². The number of amidine groups is 1. The number of carbonyl (C=O) groups excluding carboxylic acids is 1. The Balaban J connectivity index is 1.13. The van der Waals surface area contributed by atoms with Gasteiger partial charge in [-0.25, -0.2) is 4.99 Å². The molecule has 3 rings (SSSR count). The molecule has 0 aliphatic carbocycles. The maximum Gasteiger partial charge on any atom is 0.416 e. The van der Waals surface area contributed by atoms with Gasteiger partial charge in [-0.3, -0.25) is 14.5 Å². The molecule has 0 radical (unpaired) electrons. The molecule has 374 valence electrons. The normalized spacial score (nSPS) is 12.9. The standard InChI is InChI=1S/C45H69F3N4O13S/c1-3-8-52(44(55)38-32-41-40(7-30-66-41)50-42(49)33-38)35-37-5-4-36(31-39(37)45(46,47)48)34-51(2)9-11-57-13-15-59-17-19-61-21-23-63-25-27-65-29-28-64-26-24-62-22-20-60-18-16-58-14-12-56-10-6-43(53)54/h4-5,7,30-32H,3,6,8-29,33-35H2,1-2H3,(H2,49,50)(H,53,54). The number of carbonyl (C=O) groups is 2. The van der Waals surface area contributed by atoms with Crippen molar-refractivity contribution in [2.24, 2.45) is 10.7 Å². The number of likely N-dealkylation sites (N-methyl/N-ethyl adjacent to an activating group) is 1. The third-order valence-electron chi connectivity index (χ3n) is 9.39. The zero-order valence-corrected chi connectivity index (χ0v) is 39.2. The molecule has 0 unspecified atom stereocenters. The van der Waals surface area contributed by atoms with E-state index in [-0.39, 0.29) is 56.4 Å². The first-order chi connectivity index (χ1) is 32.0. The average molecular weight is 963 g/mol. The fourth-order valence-corrected chi connectivity index (χ4v) is 6.95. The van der Waals surface area contributed by atoms with E-state index >= 15 is 0 Å². The van der Waals surface area contributed by atoms with Crippen molar-refractivity contribution in [3.8, 4) is 0 Å². The molecule has 2 aromatic rings. The van der Waals surface area contributed by atoms with Gasteiger partial charge in [0.05, 0.1) is 155 Å². The number of benzene rings is 1. The highest BCUT2D eigenvalue weighted by Crippen LogP contribution is 2.35. The van der Waals surface area contributed by atoms with Crippen LogP contribution in [0.25, 0.3) is 6.08 Å². The van der Waals surface area contributed by atoms with Gasteiger partial charge < -0.3 is 63.1 Å². The molecule has 21 heteroatoms. The van der Waals surface area contributed by atoms with Crippen LogP contribution in [0.4, 0.5) is 18.9 Å². The van der Waals surface area contributed by atoms with Crippen molar-refractivity contribution in [2.45, 2.75) is 45.5 Å². The molecule has 1 aliphatic rings.